The van der Waals surface area contributed by atoms with Gasteiger partial charge >= 0.3 is 11.9 Å². The monoisotopic (exact) mass is 361 g/mol. The van der Waals surface area contributed by atoms with Crippen LogP contribution in [0.25, 0.3) is 0 Å². The quantitative estimate of drug-likeness (QED) is 0.219. The Bertz CT molecular complexity index is 295. The number of hydrogen-bond acceptors (Lipinski definition) is 8. The summed E-state index contributed by atoms with van der Waals surface area (Å²) in [7, 11) is 0. The van der Waals surface area contributed by atoms with Crippen molar-refractivity contribution in [2.75, 3.05) is 39.5 Å². The highest BCUT2D eigenvalue weighted by atomic mass is 16.5. The maximum absolute atomic E-state index is 10.6. The van der Waals surface area contributed by atoms with E-state index >= 15 is 0 Å². The molecule has 0 fully saturated rings. The van der Waals surface area contributed by atoms with Crippen LogP contribution in [0.3, 0.4) is 0 Å². The number of carbonyl (C=O) groups is 2. The van der Waals surface area contributed by atoms with Crippen LogP contribution in [0.15, 0.2) is 25.3 Å². The van der Waals surface area contributed by atoms with Crippen molar-refractivity contribution in [1.82, 2.24) is 0 Å². The molecule has 7 N–H and O–H groups in total. The third-order valence-electron chi connectivity index (χ3n) is 2.39. The van der Waals surface area contributed by atoms with Crippen LogP contribution < -0.4 is 17.2 Å². The second kappa shape index (κ2) is 27.1. The second-order valence-electron chi connectivity index (χ2n) is 4.60. The summed E-state index contributed by atoms with van der Waals surface area (Å²) in [6.45, 7) is 9.39. The van der Waals surface area contributed by atoms with E-state index < -0.39 is 11.9 Å². The van der Waals surface area contributed by atoms with Crippen LogP contribution in [0.1, 0.15) is 32.1 Å². The van der Waals surface area contributed by atoms with E-state index in [-0.39, 0.29) is 0 Å². The molecule has 0 heterocycles. The van der Waals surface area contributed by atoms with E-state index in [4.69, 9.17) is 31.8 Å². The predicted octanol–water partition coefficient (Wildman–Crippen LogP) is 0.237. The number of unbranched alkanes of at least 4 members (excludes halogenated alkanes) is 3. The highest BCUT2D eigenvalue weighted by Gasteiger charge is 1.97. The van der Waals surface area contributed by atoms with Crippen LogP contribution >= 0.6 is 0 Å². The third kappa shape index (κ3) is 34.6. The summed E-state index contributed by atoms with van der Waals surface area (Å²) in [5.41, 5.74) is 15.0. The molecule has 0 radical (unpaired) electrons. The molecule has 0 saturated heterocycles. The van der Waals surface area contributed by atoms with Crippen molar-refractivity contribution < 1.29 is 24.2 Å². The van der Waals surface area contributed by atoms with Gasteiger partial charge in [0.2, 0.25) is 0 Å². The Balaban J connectivity index is -0.000000365. The highest BCUT2D eigenvalue weighted by Crippen LogP contribution is 1.93. The number of ether oxygens (including phenoxy) is 2. The topological polar surface area (TPSA) is 151 Å². The van der Waals surface area contributed by atoms with Crippen LogP contribution in [-0.4, -0.2) is 56.5 Å². The summed E-state index contributed by atoms with van der Waals surface area (Å²) < 4.78 is 9.41. The Morgan fingerprint density at radius 3 is 1.48 bits per heavy atom. The van der Waals surface area contributed by atoms with Gasteiger partial charge in [-0.1, -0.05) is 13.2 Å². The van der Waals surface area contributed by atoms with Gasteiger partial charge in [0.25, 0.3) is 0 Å². The molecule has 8 nitrogen and oxygen atoms in total. The molecule has 0 atom stereocenters. The normalized spacial score (nSPS) is 8.80. The van der Waals surface area contributed by atoms with Gasteiger partial charge in [0.1, 0.15) is 0 Å². The molecule has 148 valence electrons. The summed E-state index contributed by atoms with van der Waals surface area (Å²) in [4.78, 5) is 21.1. The molecule has 0 amide bonds. The number of rotatable bonds is 12. The smallest absolute Gasteiger partial charge is 0.330 e. The van der Waals surface area contributed by atoms with Gasteiger partial charge in [0.15, 0.2) is 0 Å². The zero-order valence-corrected chi connectivity index (χ0v) is 15.2. The van der Waals surface area contributed by atoms with Gasteiger partial charge in [0.05, 0.1) is 13.2 Å². The highest BCUT2D eigenvalue weighted by molar-refractivity contribution is 5.81. The van der Waals surface area contributed by atoms with Gasteiger partial charge in [0, 0.05) is 31.8 Å². The van der Waals surface area contributed by atoms with Gasteiger partial charge in [-0.3, -0.25) is 0 Å². The molecule has 0 bridgehead atoms. The molecule has 0 aromatic heterocycles. The van der Waals surface area contributed by atoms with E-state index in [1.807, 2.05) is 0 Å². The first-order valence-electron chi connectivity index (χ1n) is 8.33. The molecular formula is C17H35N3O5. The lowest BCUT2D eigenvalue weighted by Crippen LogP contribution is -2.11. The SMILES string of the molecule is C=CC(=O)OCCCCOC(=O)C=C.NCCCCCO.NCCN. The lowest BCUT2D eigenvalue weighted by atomic mass is 10.2. The first-order valence-corrected chi connectivity index (χ1v) is 8.33. The molecule has 0 aromatic rings. The largest absolute Gasteiger partial charge is 0.463 e. The maximum Gasteiger partial charge on any atom is 0.330 e. The first-order chi connectivity index (χ1) is 12.0. The maximum atomic E-state index is 10.6. The molecular weight excluding hydrogens is 326 g/mol. The van der Waals surface area contributed by atoms with Crippen molar-refractivity contribution >= 4 is 11.9 Å². The number of carbonyl (C=O) groups excluding carboxylic acids is 2. The molecule has 0 unspecified atom stereocenters. The fourth-order valence-corrected chi connectivity index (χ4v) is 1.10. The van der Waals surface area contributed by atoms with Crippen LogP contribution in [0.2, 0.25) is 0 Å². The Morgan fingerprint density at radius 1 is 0.760 bits per heavy atom. The van der Waals surface area contributed by atoms with Crippen molar-refractivity contribution in [2.45, 2.75) is 32.1 Å². The lowest BCUT2D eigenvalue weighted by molar-refractivity contribution is -0.140. The van der Waals surface area contributed by atoms with Gasteiger partial charge in [-0.25, -0.2) is 9.59 Å². The Labute approximate surface area is 151 Å². The molecule has 0 aliphatic heterocycles. The van der Waals surface area contributed by atoms with E-state index in [1.165, 1.54) is 0 Å². The minimum absolute atomic E-state index is 0.306. The zero-order chi connectivity index (χ0) is 19.8. The number of aliphatic hydroxyl groups excluding tert-OH is 1. The Hall–Kier alpha value is -1.74. The van der Waals surface area contributed by atoms with Crippen molar-refractivity contribution in [1.29, 1.82) is 0 Å². The number of nitrogens with two attached hydrogens (primary N) is 3. The van der Waals surface area contributed by atoms with Crippen LogP contribution in [0, 0.1) is 0 Å². The molecule has 0 aliphatic rings. The average Bonchev–Trinajstić information content (AvgIpc) is 2.65. The predicted molar refractivity (Wildman–Crippen MR) is 99.6 cm³/mol. The van der Waals surface area contributed by atoms with Crippen LogP contribution in [-0.2, 0) is 19.1 Å². The van der Waals surface area contributed by atoms with Crippen molar-refractivity contribution in [2.24, 2.45) is 17.2 Å². The summed E-state index contributed by atoms with van der Waals surface area (Å²) >= 11 is 0. The number of esters is 2. The number of hydrogen-bond donors (Lipinski definition) is 4. The van der Waals surface area contributed by atoms with E-state index in [9.17, 15) is 9.59 Å². The Kier molecular flexibility index (Phi) is 30.5. The standard InChI is InChI=1S/C10H14O4.C5H13NO.C2H8N2/c1-3-9(11)13-7-5-6-8-14-10(12)4-2;6-4-2-1-3-5-7;3-1-2-4/h3-4H,1-2,5-8H2;7H,1-6H2;1-4H2. The molecule has 25 heavy (non-hydrogen) atoms. The van der Waals surface area contributed by atoms with E-state index in [1.54, 1.807) is 0 Å². The molecule has 0 aliphatic carbocycles. The van der Waals surface area contributed by atoms with E-state index in [2.05, 4.69) is 13.2 Å². The fourth-order valence-electron chi connectivity index (χ4n) is 1.10. The van der Waals surface area contributed by atoms with Gasteiger partial charge in [-0.05, 0) is 38.6 Å². The summed E-state index contributed by atoms with van der Waals surface area (Å²) in [6, 6.07) is 0. The number of aliphatic hydroxyl groups is 1. The van der Waals surface area contributed by atoms with E-state index in [0.717, 1.165) is 38.0 Å². The molecule has 0 saturated carbocycles. The zero-order valence-electron chi connectivity index (χ0n) is 15.2. The molecule has 8 heteroatoms. The van der Waals surface area contributed by atoms with Gasteiger partial charge < -0.3 is 31.8 Å². The summed E-state index contributed by atoms with van der Waals surface area (Å²) in [6.07, 6.45) is 6.54. The second-order valence-corrected chi connectivity index (χ2v) is 4.60. The average molecular weight is 361 g/mol. The van der Waals surface area contributed by atoms with E-state index in [0.29, 0.717) is 45.8 Å². The van der Waals surface area contributed by atoms with Gasteiger partial charge in [-0.15, -0.1) is 0 Å². The van der Waals surface area contributed by atoms with Crippen LogP contribution in [0.4, 0.5) is 0 Å². The minimum Gasteiger partial charge on any atom is -0.463 e. The van der Waals surface area contributed by atoms with Crippen molar-refractivity contribution in [3.8, 4) is 0 Å². The summed E-state index contributed by atoms with van der Waals surface area (Å²) in [5.74, 6) is -0.874. The Morgan fingerprint density at radius 2 is 1.20 bits per heavy atom. The van der Waals surface area contributed by atoms with Crippen molar-refractivity contribution in [3.05, 3.63) is 25.3 Å². The first kappa shape index (κ1) is 28.1. The molecule has 0 rings (SSSR count). The summed E-state index contributed by atoms with van der Waals surface area (Å²) in [5, 5.41) is 8.25. The third-order valence-corrected chi connectivity index (χ3v) is 2.39. The van der Waals surface area contributed by atoms with Crippen molar-refractivity contribution in [3.63, 3.8) is 0 Å². The molecule has 0 spiro atoms. The lowest BCUT2D eigenvalue weighted by Gasteiger charge is -2.02. The van der Waals surface area contributed by atoms with Gasteiger partial charge in [-0.2, -0.15) is 0 Å². The fraction of sp³-hybridized carbons (Fsp3) is 0.647. The minimum atomic E-state index is -0.437. The molecule has 0 aromatic carbocycles. The van der Waals surface area contributed by atoms with Crippen LogP contribution in [0.5, 0.6) is 0 Å².